The molecule has 16 heteroatoms. The fraction of sp³-hybridized carbons (Fsp3) is 0.364. The van der Waals surface area contributed by atoms with Crippen LogP contribution >= 0.6 is 11.6 Å². The van der Waals surface area contributed by atoms with Crippen molar-refractivity contribution in [2.45, 2.75) is 75.9 Å². The Morgan fingerprint density at radius 2 is 1.63 bits per heavy atom. The summed E-state index contributed by atoms with van der Waals surface area (Å²) in [5.41, 5.74) is 9.80. The monoisotopic (exact) mass is 983 g/mol. The lowest BCUT2D eigenvalue weighted by Crippen LogP contribution is -2.49. The van der Waals surface area contributed by atoms with Gasteiger partial charge in [-0.3, -0.25) is 29.3 Å². The molecule has 4 N–H and O–H groups in total. The summed E-state index contributed by atoms with van der Waals surface area (Å²) < 4.78 is 45.8. The summed E-state index contributed by atoms with van der Waals surface area (Å²) in [4.78, 5) is 54.5. The summed E-state index contributed by atoms with van der Waals surface area (Å²) in [6.07, 6.45) is 6.14. The van der Waals surface area contributed by atoms with Gasteiger partial charge in [0.05, 0.1) is 23.2 Å². The largest absolute Gasteiger partial charge is 0.494 e. The highest BCUT2D eigenvalue weighted by Gasteiger charge is 2.50. The third-order valence-corrected chi connectivity index (χ3v) is 15.7. The van der Waals surface area contributed by atoms with Gasteiger partial charge in [-0.1, -0.05) is 79.2 Å². The molecule has 4 heterocycles. The first-order chi connectivity index (χ1) is 34.2. The van der Waals surface area contributed by atoms with E-state index in [0.717, 1.165) is 85.6 Å². The number of hydrogen-bond acceptors (Lipinski definition) is 8. The van der Waals surface area contributed by atoms with E-state index >= 15 is 8.78 Å². The average Bonchev–Trinajstić information content (AvgIpc) is 3.86. The van der Waals surface area contributed by atoms with Gasteiger partial charge in [0.15, 0.2) is 23.0 Å². The lowest BCUT2D eigenvalue weighted by molar-refractivity contribution is -0.138. The molecular weight excluding hydrogens is 928 g/mol. The molecule has 2 atom stereocenters. The predicted molar refractivity (Wildman–Crippen MR) is 267 cm³/mol. The zero-order valence-electron chi connectivity index (χ0n) is 39.9. The number of imide groups is 1. The number of benzene rings is 5. The smallest absolute Gasteiger partial charge is 0.329 e. The number of methoxy groups -OCH3 is 1. The Hall–Kier alpha value is -6.84. The second-order valence-corrected chi connectivity index (χ2v) is 19.8. The van der Waals surface area contributed by atoms with Crippen LogP contribution in [0.15, 0.2) is 91.0 Å². The summed E-state index contributed by atoms with van der Waals surface area (Å²) in [5.74, 6) is -2.19. The number of nitrogens with one attached hydrogen (secondary N) is 2. The molecule has 2 unspecified atom stereocenters. The summed E-state index contributed by atoms with van der Waals surface area (Å²) in [5, 5.41) is 11.2. The van der Waals surface area contributed by atoms with Crippen LogP contribution in [0.5, 0.6) is 11.5 Å². The summed E-state index contributed by atoms with van der Waals surface area (Å²) in [7, 11) is 3.15. The number of anilines is 1. The van der Waals surface area contributed by atoms with Crippen molar-refractivity contribution in [1.82, 2.24) is 25.3 Å². The summed E-state index contributed by atoms with van der Waals surface area (Å²) >= 11 is 6.70. The van der Waals surface area contributed by atoms with Crippen LogP contribution in [0.3, 0.4) is 0 Å². The number of piperidine rings is 1. The molecule has 0 spiro atoms. The number of carbonyl (C=O) groups is 4. The van der Waals surface area contributed by atoms with Gasteiger partial charge >= 0.3 is 6.03 Å². The fourth-order valence-electron chi connectivity index (χ4n) is 11.4. The van der Waals surface area contributed by atoms with E-state index in [-0.39, 0.29) is 70.0 Å². The minimum Gasteiger partial charge on any atom is -0.494 e. The molecule has 4 aliphatic rings. The lowest BCUT2D eigenvalue weighted by Gasteiger charge is -2.38. The molecule has 3 fully saturated rings. The van der Waals surface area contributed by atoms with Crippen molar-refractivity contribution in [2.75, 3.05) is 38.2 Å². The van der Waals surface area contributed by atoms with Gasteiger partial charge < -0.3 is 25.4 Å². The van der Waals surface area contributed by atoms with E-state index in [1.807, 2.05) is 56.4 Å². The normalized spacial score (nSPS) is 21.5. The molecule has 0 bridgehead atoms. The number of likely N-dealkylation sites (tertiary alicyclic amines) is 1. The molecule has 2 saturated heterocycles. The van der Waals surface area contributed by atoms with Crippen molar-refractivity contribution in [3.05, 3.63) is 130 Å². The SMILES string of the molecule is COc1ccc(C(N)=O)c(-c2c(Cl)c(F)cc3c2C(C)C(CNC2CCC(C(=O)N4CCC(Cc5ccc(-c6ccc7c(N8CCC(=O)NC8=O)nn(C)c7c6)cc5)CC4)CC2)(c2ccccc2)O3)c1F. The van der Waals surface area contributed by atoms with Crippen LogP contribution in [0.4, 0.5) is 19.4 Å². The highest BCUT2D eigenvalue weighted by atomic mass is 35.5. The Kier molecular flexibility index (Phi) is 13.1. The molecule has 5 aromatic carbocycles. The predicted octanol–water partition coefficient (Wildman–Crippen LogP) is 9.41. The fourth-order valence-corrected chi connectivity index (χ4v) is 11.6. The minimum atomic E-state index is -1.07. The molecule has 1 aromatic heterocycles. The van der Waals surface area contributed by atoms with Crippen molar-refractivity contribution in [3.8, 4) is 33.8 Å². The molecule has 10 rings (SSSR count). The summed E-state index contributed by atoms with van der Waals surface area (Å²) in [6.45, 7) is 4.03. The Balaban J connectivity index is 0.752. The van der Waals surface area contributed by atoms with E-state index in [1.165, 1.54) is 35.8 Å². The standard InChI is InChI=1S/C55H56ClF2N7O6/c1-31-46-44(29-41(57)49(56)48(46)47-40(51(59)67)19-20-43(70-3)50(47)58)71-55(31,37-7-5-4-6-8-37)30-60-38-16-13-35(14-17-38)53(68)64-24-21-33(22-25-64)27-32-9-11-34(12-10-32)36-15-18-39-42(28-36)63(2)62-52(39)65-26-23-45(66)61-54(65)69/h4-12,15,18-20,28-29,31,33,35,38,60H,13-14,16-17,21-27,30H2,1-3H3,(H2,59,67)(H,61,66,69). The number of rotatable bonds is 12. The van der Waals surface area contributed by atoms with Crippen molar-refractivity contribution < 1.29 is 37.4 Å². The van der Waals surface area contributed by atoms with E-state index in [4.69, 9.17) is 26.8 Å². The van der Waals surface area contributed by atoms with Crippen LogP contribution in [0, 0.1) is 23.5 Å². The maximum Gasteiger partial charge on any atom is 0.329 e. The Morgan fingerprint density at radius 1 is 0.915 bits per heavy atom. The van der Waals surface area contributed by atoms with Crippen LogP contribution in [-0.4, -0.2) is 77.8 Å². The highest BCUT2D eigenvalue weighted by Crippen LogP contribution is 2.56. The number of halogens is 3. The van der Waals surface area contributed by atoms with E-state index in [2.05, 4.69) is 51.0 Å². The molecular formula is C55H56ClF2N7O6. The van der Waals surface area contributed by atoms with Crippen LogP contribution in [0.1, 0.15) is 84.8 Å². The van der Waals surface area contributed by atoms with E-state index in [9.17, 15) is 19.2 Å². The third-order valence-electron chi connectivity index (χ3n) is 15.4. The molecule has 1 saturated carbocycles. The molecule has 71 heavy (non-hydrogen) atoms. The molecule has 0 radical (unpaired) electrons. The number of primary amides is 1. The number of aryl methyl sites for hydroxylation is 1. The first-order valence-corrected chi connectivity index (χ1v) is 24.7. The van der Waals surface area contributed by atoms with Gasteiger partial charge in [-0.05, 0) is 97.4 Å². The average molecular weight is 985 g/mol. The molecule has 5 amide bonds. The Labute approximate surface area is 415 Å². The van der Waals surface area contributed by atoms with E-state index in [1.54, 1.807) is 4.68 Å². The third kappa shape index (κ3) is 8.87. The van der Waals surface area contributed by atoms with Gasteiger partial charge in [0, 0.05) is 85.7 Å². The Bertz CT molecular complexity index is 3060. The maximum atomic E-state index is 16.2. The first-order valence-electron chi connectivity index (χ1n) is 24.4. The number of amides is 5. The van der Waals surface area contributed by atoms with Gasteiger partial charge in [-0.2, -0.15) is 5.10 Å². The summed E-state index contributed by atoms with van der Waals surface area (Å²) in [6, 6.07) is 27.9. The van der Waals surface area contributed by atoms with Crippen LogP contribution in [-0.2, 0) is 28.7 Å². The van der Waals surface area contributed by atoms with Crippen molar-refractivity contribution in [1.29, 1.82) is 0 Å². The zero-order chi connectivity index (χ0) is 49.7. The molecule has 368 valence electrons. The topological polar surface area (TPSA) is 161 Å². The van der Waals surface area contributed by atoms with E-state index in [0.29, 0.717) is 23.8 Å². The number of nitrogens with zero attached hydrogens (tertiary/aromatic N) is 4. The van der Waals surface area contributed by atoms with Crippen LogP contribution in [0.25, 0.3) is 33.2 Å². The number of urea groups is 1. The molecule has 6 aromatic rings. The highest BCUT2D eigenvalue weighted by molar-refractivity contribution is 6.34. The number of hydrogen-bond donors (Lipinski definition) is 3. The lowest BCUT2D eigenvalue weighted by atomic mass is 9.77. The molecule has 3 aliphatic heterocycles. The maximum absolute atomic E-state index is 16.2. The second kappa shape index (κ2) is 19.4. The zero-order valence-corrected chi connectivity index (χ0v) is 40.7. The van der Waals surface area contributed by atoms with Crippen LogP contribution < -0.4 is 30.7 Å². The number of carbonyl (C=O) groups excluding carboxylic acids is 4. The minimum absolute atomic E-state index is 0.00410. The number of nitrogens with two attached hydrogens (primary N) is 1. The van der Waals surface area contributed by atoms with Crippen molar-refractivity contribution in [2.24, 2.45) is 24.6 Å². The first kappa shape index (κ1) is 47.8. The molecule has 1 aliphatic carbocycles. The van der Waals surface area contributed by atoms with Crippen molar-refractivity contribution >= 4 is 52.1 Å². The Morgan fingerprint density at radius 3 is 2.32 bits per heavy atom. The van der Waals surface area contributed by atoms with Gasteiger partial charge in [-0.15, -0.1) is 0 Å². The van der Waals surface area contributed by atoms with E-state index < -0.39 is 35.1 Å². The van der Waals surface area contributed by atoms with Gasteiger partial charge in [-0.25, -0.2) is 13.6 Å². The van der Waals surface area contributed by atoms with Crippen molar-refractivity contribution in [3.63, 3.8) is 0 Å². The van der Waals surface area contributed by atoms with Crippen LogP contribution in [0.2, 0.25) is 5.02 Å². The molecule has 13 nitrogen and oxygen atoms in total. The van der Waals surface area contributed by atoms with Gasteiger partial charge in [0.25, 0.3) is 0 Å². The van der Waals surface area contributed by atoms with Gasteiger partial charge in [0.2, 0.25) is 17.7 Å². The quantitative estimate of drug-likeness (QED) is 0.109. The van der Waals surface area contributed by atoms with Gasteiger partial charge in [0.1, 0.15) is 11.6 Å². The number of ether oxygens (including phenoxy) is 2. The number of fused-ring (bicyclic) bond motifs is 2. The number of aromatic nitrogens is 2. The second-order valence-electron chi connectivity index (χ2n) is 19.4.